The van der Waals surface area contributed by atoms with E-state index in [1.165, 1.54) is 0 Å². The van der Waals surface area contributed by atoms with E-state index < -0.39 is 5.97 Å². The van der Waals surface area contributed by atoms with Crippen molar-refractivity contribution in [3.8, 4) is 0 Å². The molecule has 0 aliphatic carbocycles. The Morgan fingerprint density at radius 2 is 2.08 bits per heavy atom. The molecule has 0 radical (unpaired) electrons. The van der Waals surface area contributed by atoms with Gasteiger partial charge in [0.2, 0.25) is 0 Å². The molecule has 0 saturated heterocycles. The highest BCUT2D eigenvalue weighted by Crippen LogP contribution is 2.12. The minimum Gasteiger partial charge on any atom is -0.481 e. The summed E-state index contributed by atoms with van der Waals surface area (Å²) in [7, 11) is 0. The van der Waals surface area contributed by atoms with Crippen LogP contribution < -0.4 is 0 Å². The number of carbonyl (C=O) groups is 1. The van der Waals surface area contributed by atoms with E-state index in [0.29, 0.717) is 25.6 Å². The molecule has 0 amide bonds. The van der Waals surface area contributed by atoms with Gasteiger partial charge in [-0.1, -0.05) is 13.8 Å². The van der Waals surface area contributed by atoms with Crippen LogP contribution in [0.25, 0.3) is 0 Å². The summed E-state index contributed by atoms with van der Waals surface area (Å²) in [5.41, 5.74) is 0. The summed E-state index contributed by atoms with van der Waals surface area (Å²) in [6.07, 6.45) is 0.690. The van der Waals surface area contributed by atoms with Gasteiger partial charge < -0.3 is 9.84 Å². The zero-order valence-electron chi connectivity index (χ0n) is 8.04. The molecule has 72 valence electrons. The van der Waals surface area contributed by atoms with E-state index in [-0.39, 0.29) is 5.92 Å². The standard InChI is InChI=1S/C9H18O3/c1-4-12-6-8(9(10)11)5-7(2)3/h7-8H,4-6H2,1-3H3,(H,10,11). The fourth-order valence-corrected chi connectivity index (χ4v) is 1.07. The Morgan fingerprint density at radius 1 is 1.50 bits per heavy atom. The summed E-state index contributed by atoms with van der Waals surface area (Å²) in [6.45, 7) is 6.82. The highest BCUT2D eigenvalue weighted by Gasteiger charge is 2.18. The minimum absolute atomic E-state index is 0.337. The summed E-state index contributed by atoms with van der Waals surface area (Å²) in [4.78, 5) is 10.7. The molecule has 0 spiro atoms. The molecule has 1 atom stereocenters. The number of aliphatic carboxylic acids is 1. The van der Waals surface area contributed by atoms with Crippen molar-refractivity contribution in [2.45, 2.75) is 27.2 Å². The molecule has 0 heterocycles. The fraction of sp³-hybridized carbons (Fsp3) is 0.889. The van der Waals surface area contributed by atoms with E-state index in [4.69, 9.17) is 9.84 Å². The van der Waals surface area contributed by atoms with Gasteiger partial charge in [-0.15, -0.1) is 0 Å². The lowest BCUT2D eigenvalue weighted by atomic mass is 9.98. The Bertz CT molecular complexity index is 132. The van der Waals surface area contributed by atoms with Gasteiger partial charge in [-0.3, -0.25) is 4.79 Å². The van der Waals surface area contributed by atoms with Crippen molar-refractivity contribution in [1.29, 1.82) is 0 Å². The Balaban J connectivity index is 3.78. The molecule has 0 fully saturated rings. The highest BCUT2D eigenvalue weighted by molar-refractivity contribution is 5.70. The van der Waals surface area contributed by atoms with Crippen molar-refractivity contribution in [3.05, 3.63) is 0 Å². The van der Waals surface area contributed by atoms with E-state index >= 15 is 0 Å². The molecular formula is C9H18O3. The summed E-state index contributed by atoms with van der Waals surface area (Å²) < 4.78 is 5.08. The van der Waals surface area contributed by atoms with Gasteiger partial charge in [-0.2, -0.15) is 0 Å². The molecule has 0 aromatic carbocycles. The SMILES string of the molecule is CCOCC(CC(C)C)C(=O)O. The van der Waals surface area contributed by atoms with Gasteiger partial charge in [-0.05, 0) is 19.3 Å². The van der Waals surface area contributed by atoms with Crippen LogP contribution in [0.2, 0.25) is 0 Å². The molecule has 1 N–H and O–H groups in total. The third-order valence-electron chi connectivity index (χ3n) is 1.63. The van der Waals surface area contributed by atoms with Crippen LogP contribution >= 0.6 is 0 Å². The van der Waals surface area contributed by atoms with Crippen molar-refractivity contribution >= 4 is 5.97 Å². The topological polar surface area (TPSA) is 46.5 Å². The van der Waals surface area contributed by atoms with E-state index in [1.807, 2.05) is 20.8 Å². The maximum absolute atomic E-state index is 10.7. The second-order valence-corrected chi connectivity index (χ2v) is 3.32. The van der Waals surface area contributed by atoms with Gasteiger partial charge in [0.15, 0.2) is 0 Å². The first-order valence-electron chi connectivity index (χ1n) is 4.38. The molecule has 0 aliphatic rings. The van der Waals surface area contributed by atoms with Gasteiger partial charge in [0.25, 0.3) is 0 Å². The van der Waals surface area contributed by atoms with Crippen molar-refractivity contribution in [3.63, 3.8) is 0 Å². The van der Waals surface area contributed by atoms with Crippen LogP contribution in [0.5, 0.6) is 0 Å². The van der Waals surface area contributed by atoms with Crippen molar-refractivity contribution in [2.75, 3.05) is 13.2 Å². The normalized spacial score (nSPS) is 13.3. The van der Waals surface area contributed by atoms with E-state index in [2.05, 4.69) is 0 Å². The summed E-state index contributed by atoms with van der Waals surface area (Å²) in [6, 6.07) is 0. The molecule has 0 aromatic rings. The average molecular weight is 174 g/mol. The first-order valence-corrected chi connectivity index (χ1v) is 4.38. The van der Waals surface area contributed by atoms with E-state index in [0.717, 1.165) is 0 Å². The third-order valence-corrected chi connectivity index (χ3v) is 1.63. The molecule has 0 saturated carbocycles. The maximum Gasteiger partial charge on any atom is 0.308 e. The second-order valence-electron chi connectivity index (χ2n) is 3.32. The smallest absolute Gasteiger partial charge is 0.308 e. The van der Waals surface area contributed by atoms with E-state index in [1.54, 1.807) is 0 Å². The first-order chi connectivity index (χ1) is 5.57. The molecule has 12 heavy (non-hydrogen) atoms. The predicted octanol–water partition coefficient (Wildman–Crippen LogP) is 1.77. The summed E-state index contributed by atoms with van der Waals surface area (Å²) >= 11 is 0. The molecule has 0 aromatic heterocycles. The fourth-order valence-electron chi connectivity index (χ4n) is 1.07. The number of rotatable bonds is 6. The summed E-state index contributed by atoms with van der Waals surface area (Å²) in [5.74, 6) is -0.686. The lowest BCUT2D eigenvalue weighted by Crippen LogP contribution is -2.21. The Kier molecular flexibility index (Phi) is 5.72. The lowest BCUT2D eigenvalue weighted by Gasteiger charge is -2.13. The Hall–Kier alpha value is -0.570. The highest BCUT2D eigenvalue weighted by atomic mass is 16.5. The van der Waals surface area contributed by atoms with Gasteiger partial charge >= 0.3 is 5.97 Å². The number of hydrogen-bond acceptors (Lipinski definition) is 2. The van der Waals surface area contributed by atoms with Crippen LogP contribution in [0.15, 0.2) is 0 Å². The first kappa shape index (κ1) is 11.4. The number of carboxylic acids is 1. The Morgan fingerprint density at radius 3 is 2.42 bits per heavy atom. The number of hydrogen-bond donors (Lipinski definition) is 1. The van der Waals surface area contributed by atoms with Crippen LogP contribution in [0.3, 0.4) is 0 Å². The second kappa shape index (κ2) is 6.00. The van der Waals surface area contributed by atoms with Gasteiger partial charge in [0, 0.05) is 6.61 Å². The zero-order chi connectivity index (χ0) is 9.56. The van der Waals surface area contributed by atoms with Crippen molar-refractivity contribution in [1.82, 2.24) is 0 Å². The average Bonchev–Trinajstić information content (AvgIpc) is 1.96. The van der Waals surface area contributed by atoms with Crippen LogP contribution in [0, 0.1) is 11.8 Å². The van der Waals surface area contributed by atoms with Gasteiger partial charge in [-0.25, -0.2) is 0 Å². The van der Waals surface area contributed by atoms with Crippen molar-refractivity contribution in [2.24, 2.45) is 11.8 Å². The van der Waals surface area contributed by atoms with E-state index in [9.17, 15) is 4.79 Å². The molecular weight excluding hydrogens is 156 g/mol. The zero-order valence-corrected chi connectivity index (χ0v) is 8.04. The van der Waals surface area contributed by atoms with Gasteiger partial charge in [0.1, 0.15) is 0 Å². The predicted molar refractivity (Wildman–Crippen MR) is 47.1 cm³/mol. The molecule has 0 aliphatic heterocycles. The molecule has 0 bridgehead atoms. The van der Waals surface area contributed by atoms with Crippen LogP contribution in [-0.2, 0) is 9.53 Å². The lowest BCUT2D eigenvalue weighted by molar-refractivity contribution is -0.144. The molecule has 1 unspecified atom stereocenters. The Labute approximate surface area is 73.7 Å². The number of carboxylic acid groups (broad SMARTS) is 1. The quantitative estimate of drug-likeness (QED) is 0.667. The number of ether oxygens (including phenoxy) is 1. The van der Waals surface area contributed by atoms with Crippen LogP contribution in [-0.4, -0.2) is 24.3 Å². The molecule has 3 nitrogen and oxygen atoms in total. The van der Waals surface area contributed by atoms with Crippen LogP contribution in [0.4, 0.5) is 0 Å². The monoisotopic (exact) mass is 174 g/mol. The third kappa shape index (κ3) is 5.13. The summed E-state index contributed by atoms with van der Waals surface area (Å²) in [5, 5.41) is 8.77. The molecule has 3 heteroatoms. The largest absolute Gasteiger partial charge is 0.481 e. The van der Waals surface area contributed by atoms with Gasteiger partial charge in [0.05, 0.1) is 12.5 Å². The van der Waals surface area contributed by atoms with Crippen molar-refractivity contribution < 1.29 is 14.6 Å². The maximum atomic E-state index is 10.7. The molecule has 0 rings (SSSR count). The van der Waals surface area contributed by atoms with Crippen LogP contribution in [0.1, 0.15) is 27.2 Å². The minimum atomic E-state index is -0.753.